The smallest absolute Gasteiger partial charge is 0.220 e. The maximum Gasteiger partial charge on any atom is 0.220 e. The lowest BCUT2D eigenvalue weighted by Gasteiger charge is -2.19. The van der Waals surface area contributed by atoms with Crippen LogP contribution < -0.4 is 5.32 Å². The second-order valence-corrected chi connectivity index (χ2v) is 6.45. The second kappa shape index (κ2) is 8.37. The lowest BCUT2D eigenvalue weighted by atomic mass is 9.99. The van der Waals surface area contributed by atoms with Gasteiger partial charge >= 0.3 is 0 Å². The molecule has 0 aromatic heterocycles. The van der Waals surface area contributed by atoms with Gasteiger partial charge in [0.2, 0.25) is 5.91 Å². The predicted molar refractivity (Wildman–Crippen MR) is 97.1 cm³/mol. The molecule has 0 fully saturated rings. The average molecular weight is 350 g/mol. The minimum absolute atomic E-state index is 0.0474. The van der Waals surface area contributed by atoms with E-state index >= 15 is 0 Å². The number of hydrogen-bond acceptors (Lipinski definition) is 1. The van der Waals surface area contributed by atoms with Crippen LogP contribution in [0.5, 0.6) is 0 Å². The summed E-state index contributed by atoms with van der Waals surface area (Å²) in [6.45, 7) is 4.15. The number of carbonyl (C=O) groups is 1. The number of carbonyl (C=O) groups excluding carboxylic acids is 1. The van der Waals surface area contributed by atoms with Crippen molar-refractivity contribution >= 4 is 29.1 Å². The first-order valence-corrected chi connectivity index (χ1v) is 8.55. The molecule has 2 rings (SSSR count). The van der Waals surface area contributed by atoms with Gasteiger partial charge in [-0.15, -0.1) is 0 Å². The van der Waals surface area contributed by atoms with E-state index in [9.17, 15) is 4.79 Å². The Bertz CT molecular complexity index is 685. The van der Waals surface area contributed by atoms with Crippen molar-refractivity contribution in [3.63, 3.8) is 0 Å². The summed E-state index contributed by atoms with van der Waals surface area (Å²) in [6, 6.07) is 13.7. The first kappa shape index (κ1) is 17.8. The van der Waals surface area contributed by atoms with Gasteiger partial charge in [-0.1, -0.05) is 60.5 Å². The SMILES string of the molecule is CC[C@@H](NC(=O)CCc1ccc(Cl)c(Cl)c1)c1ccccc1C. The van der Waals surface area contributed by atoms with Crippen LogP contribution in [0.25, 0.3) is 0 Å². The Balaban J connectivity index is 1.95. The lowest BCUT2D eigenvalue weighted by Crippen LogP contribution is -2.28. The molecule has 122 valence electrons. The molecule has 4 heteroatoms. The highest BCUT2D eigenvalue weighted by Gasteiger charge is 2.14. The summed E-state index contributed by atoms with van der Waals surface area (Å²) >= 11 is 11.9. The van der Waals surface area contributed by atoms with Gasteiger partial charge in [0.05, 0.1) is 16.1 Å². The molecule has 1 N–H and O–H groups in total. The maximum absolute atomic E-state index is 12.3. The van der Waals surface area contributed by atoms with Crippen LogP contribution in [-0.4, -0.2) is 5.91 Å². The largest absolute Gasteiger partial charge is 0.349 e. The summed E-state index contributed by atoms with van der Waals surface area (Å²) in [5.41, 5.74) is 3.39. The molecule has 0 aliphatic rings. The zero-order valence-electron chi connectivity index (χ0n) is 13.4. The van der Waals surface area contributed by atoms with Crippen molar-refractivity contribution in [1.82, 2.24) is 5.32 Å². The Labute approximate surface area is 147 Å². The first-order valence-electron chi connectivity index (χ1n) is 7.80. The fraction of sp³-hybridized carbons (Fsp3) is 0.316. The van der Waals surface area contributed by atoms with E-state index in [4.69, 9.17) is 23.2 Å². The van der Waals surface area contributed by atoms with Gasteiger partial charge < -0.3 is 5.32 Å². The van der Waals surface area contributed by atoms with Crippen molar-refractivity contribution in [2.75, 3.05) is 0 Å². The molecule has 1 atom stereocenters. The van der Waals surface area contributed by atoms with Crippen LogP contribution in [0.15, 0.2) is 42.5 Å². The van der Waals surface area contributed by atoms with Gasteiger partial charge in [0.25, 0.3) is 0 Å². The van der Waals surface area contributed by atoms with Crippen LogP contribution in [0.2, 0.25) is 10.0 Å². The minimum atomic E-state index is 0.0474. The van der Waals surface area contributed by atoms with Crippen LogP contribution in [0.3, 0.4) is 0 Å². The van der Waals surface area contributed by atoms with Crippen molar-refractivity contribution in [2.45, 2.75) is 39.2 Å². The van der Waals surface area contributed by atoms with Crippen molar-refractivity contribution < 1.29 is 4.79 Å². The Kier molecular flexibility index (Phi) is 6.49. The van der Waals surface area contributed by atoms with Crippen molar-refractivity contribution in [1.29, 1.82) is 0 Å². The Morgan fingerprint density at radius 1 is 1.13 bits per heavy atom. The molecule has 0 bridgehead atoms. The molecule has 0 radical (unpaired) electrons. The molecule has 0 heterocycles. The van der Waals surface area contributed by atoms with Gasteiger partial charge in [-0.3, -0.25) is 4.79 Å². The van der Waals surface area contributed by atoms with Gasteiger partial charge in [0.15, 0.2) is 0 Å². The van der Waals surface area contributed by atoms with Crippen LogP contribution in [-0.2, 0) is 11.2 Å². The topological polar surface area (TPSA) is 29.1 Å². The average Bonchev–Trinajstić information content (AvgIpc) is 2.54. The number of rotatable bonds is 6. The van der Waals surface area contributed by atoms with Gasteiger partial charge in [0.1, 0.15) is 0 Å². The predicted octanol–water partition coefficient (Wildman–Crippen LogP) is 5.50. The Morgan fingerprint density at radius 2 is 1.87 bits per heavy atom. The van der Waals surface area contributed by atoms with Crippen molar-refractivity contribution in [3.8, 4) is 0 Å². The second-order valence-electron chi connectivity index (χ2n) is 5.63. The monoisotopic (exact) mass is 349 g/mol. The summed E-state index contributed by atoms with van der Waals surface area (Å²) in [4.78, 5) is 12.3. The minimum Gasteiger partial charge on any atom is -0.349 e. The molecule has 23 heavy (non-hydrogen) atoms. The fourth-order valence-corrected chi connectivity index (χ4v) is 2.92. The number of amides is 1. The maximum atomic E-state index is 12.3. The summed E-state index contributed by atoms with van der Waals surface area (Å²) in [5, 5.41) is 4.18. The molecular formula is C19H21Cl2NO. The summed E-state index contributed by atoms with van der Waals surface area (Å²) in [5.74, 6) is 0.0474. The summed E-state index contributed by atoms with van der Waals surface area (Å²) in [6.07, 6.45) is 1.94. The van der Waals surface area contributed by atoms with E-state index in [1.165, 1.54) is 11.1 Å². The zero-order chi connectivity index (χ0) is 16.8. The summed E-state index contributed by atoms with van der Waals surface area (Å²) in [7, 11) is 0. The molecule has 0 aliphatic heterocycles. The third kappa shape index (κ3) is 4.98. The molecule has 2 aromatic carbocycles. The highest BCUT2D eigenvalue weighted by atomic mass is 35.5. The van der Waals surface area contributed by atoms with E-state index < -0.39 is 0 Å². The molecule has 2 nitrogen and oxygen atoms in total. The molecule has 0 spiro atoms. The van der Waals surface area contributed by atoms with Crippen LogP contribution >= 0.6 is 23.2 Å². The summed E-state index contributed by atoms with van der Waals surface area (Å²) < 4.78 is 0. The first-order chi connectivity index (χ1) is 11.0. The molecule has 1 amide bonds. The number of nitrogens with one attached hydrogen (secondary N) is 1. The van der Waals surface area contributed by atoms with E-state index in [0.29, 0.717) is 22.9 Å². The van der Waals surface area contributed by atoms with Crippen LogP contribution in [0.1, 0.15) is 42.5 Å². The van der Waals surface area contributed by atoms with E-state index in [1.54, 1.807) is 6.07 Å². The van der Waals surface area contributed by atoms with Gasteiger partial charge in [-0.25, -0.2) is 0 Å². The van der Waals surface area contributed by atoms with Gasteiger partial charge in [-0.05, 0) is 48.6 Å². The third-order valence-corrected chi connectivity index (χ3v) is 4.67. The standard InChI is InChI=1S/C19H21Cl2NO/c1-3-18(15-7-5-4-6-13(15)2)22-19(23)11-9-14-8-10-16(20)17(21)12-14/h4-8,10,12,18H,3,9,11H2,1-2H3,(H,22,23)/t18-/m1/s1. The third-order valence-electron chi connectivity index (χ3n) is 3.93. The number of aryl methyl sites for hydroxylation is 2. The normalized spacial score (nSPS) is 12.0. The lowest BCUT2D eigenvalue weighted by molar-refractivity contribution is -0.121. The van der Waals surface area contributed by atoms with E-state index in [2.05, 4.69) is 31.3 Å². The quantitative estimate of drug-likeness (QED) is 0.732. The molecular weight excluding hydrogens is 329 g/mol. The molecule has 0 aliphatic carbocycles. The van der Waals surface area contributed by atoms with E-state index in [-0.39, 0.29) is 11.9 Å². The van der Waals surface area contributed by atoms with Gasteiger partial charge in [-0.2, -0.15) is 0 Å². The highest BCUT2D eigenvalue weighted by molar-refractivity contribution is 6.42. The number of halogens is 2. The van der Waals surface area contributed by atoms with Crippen LogP contribution in [0.4, 0.5) is 0 Å². The molecule has 0 unspecified atom stereocenters. The van der Waals surface area contributed by atoms with Crippen LogP contribution in [0, 0.1) is 6.92 Å². The fourth-order valence-electron chi connectivity index (χ4n) is 2.60. The number of benzene rings is 2. The number of hydrogen-bond donors (Lipinski definition) is 1. The van der Waals surface area contributed by atoms with E-state index in [1.807, 2.05) is 24.3 Å². The van der Waals surface area contributed by atoms with Crippen molar-refractivity contribution in [3.05, 3.63) is 69.2 Å². The molecule has 2 aromatic rings. The molecule has 0 saturated heterocycles. The van der Waals surface area contributed by atoms with Crippen molar-refractivity contribution in [2.24, 2.45) is 0 Å². The Morgan fingerprint density at radius 3 is 2.52 bits per heavy atom. The highest BCUT2D eigenvalue weighted by Crippen LogP contribution is 2.23. The zero-order valence-corrected chi connectivity index (χ0v) is 14.9. The Hall–Kier alpha value is -1.51. The van der Waals surface area contributed by atoms with E-state index in [0.717, 1.165) is 12.0 Å². The van der Waals surface area contributed by atoms with Gasteiger partial charge in [0, 0.05) is 6.42 Å². The molecule has 0 saturated carbocycles.